The molecule has 3 rings (SSSR count). The summed E-state index contributed by atoms with van der Waals surface area (Å²) in [5.74, 6) is 0.283. The summed E-state index contributed by atoms with van der Waals surface area (Å²) in [5, 5.41) is 25.2. The van der Waals surface area contributed by atoms with Gasteiger partial charge in [0.25, 0.3) is 11.6 Å². The van der Waals surface area contributed by atoms with Crippen molar-refractivity contribution in [3.63, 3.8) is 0 Å². The Balaban J connectivity index is 1.98. The van der Waals surface area contributed by atoms with Crippen molar-refractivity contribution < 1.29 is 19.7 Å². The molecule has 0 unspecified atom stereocenters. The largest absolute Gasteiger partial charge is 0.468 e. The second-order valence-corrected chi connectivity index (χ2v) is 4.43. The van der Waals surface area contributed by atoms with E-state index < -0.39 is 30.0 Å². The molecule has 0 aromatic carbocycles. The van der Waals surface area contributed by atoms with Crippen LogP contribution in [0.4, 0.5) is 11.5 Å². The van der Waals surface area contributed by atoms with Gasteiger partial charge in [0.1, 0.15) is 17.9 Å². The minimum Gasteiger partial charge on any atom is -0.468 e. The number of ether oxygens (including phenoxy) is 2. The number of hydrogen-bond donors (Lipinski definition) is 5. The maximum absolute atomic E-state index is 11.8. The van der Waals surface area contributed by atoms with Gasteiger partial charge in [0.2, 0.25) is 0 Å². The summed E-state index contributed by atoms with van der Waals surface area (Å²) in [6.07, 6.45) is -2.62. The van der Waals surface area contributed by atoms with Gasteiger partial charge in [-0.2, -0.15) is 4.98 Å². The Kier molecular flexibility index (Phi) is 2.81. The van der Waals surface area contributed by atoms with E-state index in [1.54, 1.807) is 0 Å². The molecule has 104 valence electrons. The molecule has 19 heavy (non-hydrogen) atoms. The van der Waals surface area contributed by atoms with E-state index in [0.717, 1.165) is 0 Å². The van der Waals surface area contributed by atoms with E-state index in [9.17, 15) is 15.0 Å². The fourth-order valence-electron chi connectivity index (χ4n) is 2.20. The van der Waals surface area contributed by atoms with E-state index >= 15 is 0 Å². The number of H-pyrrole nitrogens is 1. The number of methoxy groups -OCH3 is 1. The van der Waals surface area contributed by atoms with Crippen molar-refractivity contribution in [2.45, 2.75) is 24.5 Å². The molecule has 2 aliphatic heterocycles. The summed E-state index contributed by atoms with van der Waals surface area (Å²) in [5.41, 5.74) is -0.251. The first kappa shape index (κ1) is 12.2. The SMILES string of the molecule is COc1nc2c(c(=O)[nH]1)N[C@@H]1[C@H](O)[C@H](O)CO[C@@H]1N2. The van der Waals surface area contributed by atoms with E-state index in [2.05, 4.69) is 20.6 Å². The van der Waals surface area contributed by atoms with Crippen molar-refractivity contribution >= 4 is 11.5 Å². The van der Waals surface area contributed by atoms with Crippen molar-refractivity contribution in [3.05, 3.63) is 10.4 Å². The summed E-state index contributed by atoms with van der Waals surface area (Å²) in [6, 6.07) is -0.555. The van der Waals surface area contributed by atoms with Gasteiger partial charge in [0, 0.05) is 0 Å². The van der Waals surface area contributed by atoms with Crippen LogP contribution in [0.15, 0.2) is 4.79 Å². The second kappa shape index (κ2) is 4.37. The molecule has 9 heteroatoms. The van der Waals surface area contributed by atoms with Gasteiger partial charge in [-0.25, -0.2) is 0 Å². The van der Waals surface area contributed by atoms with Gasteiger partial charge in [-0.1, -0.05) is 0 Å². The molecule has 1 aromatic rings. The highest BCUT2D eigenvalue weighted by Crippen LogP contribution is 2.29. The zero-order chi connectivity index (χ0) is 13.6. The molecule has 0 amide bonds. The van der Waals surface area contributed by atoms with Crippen molar-refractivity contribution in [1.82, 2.24) is 9.97 Å². The number of aliphatic hydroxyl groups is 2. The maximum atomic E-state index is 11.8. The Morgan fingerprint density at radius 2 is 2.21 bits per heavy atom. The van der Waals surface area contributed by atoms with E-state index in [4.69, 9.17) is 9.47 Å². The van der Waals surface area contributed by atoms with Crippen LogP contribution in [0.5, 0.6) is 6.01 Å². The van der Waals surface area contributed by atoms with E-state index in [1.165, 1.54) is 7.11 Å². The number of aromatic nitrogens is 2. The second-order valence-electron chi connectivity index (χ2n) is 4.43. The normalized spacial score (nSPS) is 32.6. The molecule has 2 aliphatic rings. The highest BCUT2D eigenvalue weighted by molar-refractivity contribution is 5.67. The van der Waals surface area contributed by atoms with Gasteiger partial charge in [0.15, 0.2) is 12.0 Å². The lowest BCUT2D eigenvalue weighted by molar-refractivity contribution is -0.121. The molecular weight excluding hydrogens is 256 g/mol. The molecule has 1 fully saturated rings. The molecule has 0 saturated carbocycles. The van der Waals surface area contributed by atoms with Crippen LogP contribution in [0.2, 0.25) is 0 Å². The number of nitrogens with one attached hydrogen (secondary N) is 3. The molecule has 3 heterocycles. The minimum absolute atomic E-state index is 0.00662. The molecule has 5 N–H and O–H groups in total. The van der Waals surface area contributed by atoms with Crippen molar-refractivity contribution in [1.29, 1.82) is 0 Å². The van der Waals surface area contributed by atoms with Crippen LogP contribution in [0.1, 0.15) is 0 Å². The van der Waals surface area contributed by atoms with Gasteiger partial charge >= 0.3 is 0 Å². The summed E-state index contributed by atoms with van der Waals surface area (Å²) in [6.45, 7) is 0.00662. The number of rotatable bonds is 1. The summed E-state index contributed by atoms with van der Waals surface area (Å²) in [7, 11) is 1.39. The standard InChI is InChI=1S/C10H14N4O5/c1-18-10-13-7-5(8(17)14-10)11-4-6(16)3(15)2-19-9(4)12-7/h3-4,6,9,11,15-16H,2H2,1H3,(H2,12,13,14,17)/t3-,4-,6-,9+/m1/s1. The summed E-state index contributed by atoms with van der Waals surface area (Å²) in [4.78, 5) is 18.3. The van der Waals surface area contributed by atoms with Gasteiger partial charge in [0.05, 0.1) is 19.8 Å². The topological polar surface area (TPSA) is 129 Å². The predicted molar refractivity (Wildman–Crippen MR) is 64.2 cm³/mol. The Morgan fingerprint density at radius 1 is 1.42 bits per heavy atom. The molecule has 0 spiro atoms. The smallest absolute Gasteiger partial charge is 0.298 e. The number of nitrogens with zero attached hydrogens (tertiary/aromatic N) is 1. The molecule has 9 nitrogen and oxygen atoms in total. The molecule has 4 atom stereocenters. The van der Waals surface area contributed by atoms with Crippen molar-refractivity contribution in [2.24, 2.45) is 0 Å². The molecule has 0 radical (unpaired) electrons. The average Bonchev–Trinajstić information content (AvgIpc) is 2.41. The van der Waals surface area contributed by atoms with Crippen LogP contribution in [0.3, 0.4) is 0 Å². The van der Waals surface area contributed by atoms with E-state index in [1.807, 2.05) is 0 Å². The van der Waals surface area contributed by atoms with Crippen molar-refractivity contribution in [3.8, 4) is 6.01 Å². The number of anilines is 2. The lowest BCUT2D eigenvalue weighted by Crippen LogP contribution is -2.61. The zero-order valence-corrected chi connectivity index (χ0v) is 10.1. The average molecular weight is 270 g/mol. The molecular formula is C10H14N4O5. The monoisotopic (exact) mass is 270 g/mol. The van der Waals surface area contributed by atoms with Crippen LogP contribution in [-0.4, -0.2) is 58.4 Å². The summed E-state index contributed by atoms with van der Waals surface area (Å²) >= 11 is 0. The van der Waals surface area contributed by atoms with Gasteiger partial charge in [-0.3, -0.25) is 9.78 Å². The lowest BCUT2D eigenvalue weighted by Gasteiger charge is -2.42. The van der Waals surface area contributed by atoms with Crippen molar-refractivity contribution in [2.75, 3.05) is 24.4 Å². The quantitative estimate of drug-likeness (QED) is 0.399. The first-order chi connectivity index (χ1) is 9.10. The number of aliphatic hydroxyl groups excluding tert-OH is 2. The minimum atomic E-state index is -1.04. The Labute approximate surface area is 107 Å². The zero-order valence-electron chi connectivity index (χ0n) is 10.1. The van der Waals surface area contributed by atoms with Crippen LogP contribution in [0.25, 0.3) is 0 Å². The van der Waals surface area contributed by atoms with Gasteiger partial charge < -0.3 is 30.3 Å². The molecule has 0 bridgehead atoms. The van der Waals surface area contributed by atoms with Gasteiger partial charge in [-0.15, -0.1) is 0 Å². The fourth-order valence-corrected chi connectivity index (χ4v) is 2.20. The number of fused-ring (bicyclic) bond motifs is 2. The third-order valence-electron chi connectivity index (χ3n) is 3.22. The fraction of sp³-hybridized carbons (Fsp3) is 0.600. The molecule has 0 aliphatic carbocycles. The first-order valence-electron chi connectivity index (χ1n) is 5.79. The molecule has 1 aromatic heterocycles. The van der Waals surface area contributed by atoms with Gasteiger partial charge in [-0.05, 0) is 0 Å². The highest BCUT2D eigenvalue weighted by Gasteiger charge is 2.42. The summed E-state index contributed by atoms with van der Waals surface area (Å²) < 4.78 is 10.2. The third kappa shape index (κ3) is 1.91. The highest BCUT2D eigenvalue weighted by atomic mass is 16.5. The predicted octanol–water partition coefficient (Wildman–Crippen LogP) is -1.94. The number of hydrogen-bond acceptors (Lipinski definition) is 8. The van der Waals surface area contributed by atoms with Crippen LogP contribution in [0, 0.1) is 0 Å². The number of aromatic amines is 1. The van der Waals surface area contributed by atoms with E-state index in [-0.39, 0.29) is 24.1 Å². The molecule has 1 saturated heterocycles. The van der Waals surface area contributed by atoms with Crippen LogP contribution in [-0.2, 0) is 4.74 Å². The lowest BCUT2D eigenvalue weighted by atomic mass is 9.99. The maximum Gasteiger partial charge on any atom is 0.298 e. The Morgan fingerprint density at radius 3 is 2.95 bits per heavy atom. The van der Waals surface area contributed by atoms with Crippen LogP contribution < -0.4 is 20.9 Å². The van der Waals surface area contributed by atoms with Crippen LogP contribution >= 0.6 is 0 Å². The first-order valence-corrected chi connectivity index (χ1v) is 5.79. The Bertz CT molecular complexity index is 547. The van der Waals surface area contributed by atoms with E-state index in [0.29, 0.717) is 0 Å². The Hall–Kier alpha value is -1.84. The third-order valence-corrected chi connectivity index (χ3v) is 3.22.